The van der Waals surface area contributed by atoms with E-state index in [1.165, 1.54) is 4.90 Å². The second kappa shape index (κ2) is 5.67. The molecule has 4 heteroatoms. The number of likely N-dealkylation sites (N-methyl/N-ethyl adjacent to an activating group) is 1. The number of rotatable bonds is 2. The van der Waals surface area contributed by atoms with Crippen molar-refractivity contribution in [3.63, 3.8) is 0 Å². The van der Waals surface area contributed by atoms with Crippen LogP contribution in [0.15, 0.2) is 12.1 Å². The summed E-state index contributed by atoms with van der Waals surface area (Å²) in [6.07, 6.45) is 0. The molecule has 0 atom stereocenters. The minimum atomic E-state index is -0.820. The number of benzene rings is 1. The van der Waals surface area contributed by atoms with Crippen LogP contribution in [0.3, 0.4) is 0 Å². The molecule has 1 aromatic rings. The Hall–Kier alpha value is -1.84. The van der Waals surface area contributed by atoms with Gasteiger partial charge < -0.3 is 9.64 Å². The molecule has 0 fully saturated rings. The van der Waals surface area contributed by atoms with Crippen molar-refractivity contribution in [1.82, 2.24) is 0 Å². The van der Waals surface area contributed by atoms with Gasteiger partial charge in [-0.05, 0) is 38.8 Å². The van der Waals surface area contributed by atoms with Crippen LogP contribution < -0.4 is 4.90 Å². The fourth-order valence-corrected chi connectivity index (χ4v) is 2.13. The van der Waals surface area contributed by atoms with Gasteiger partial charge in [0.15, 0.2) is 0 Å². The van der Waals surface area contributed by atoms with Crippen LogP contribution in [-0.2, 0) is 14.3 Å². The first-order chi connectivity index (χ1) is 8.38. The van der Waals surface area contributed by atoms with Gasteiger partial charge in [0.05, 0.1) is 6.61 Å². The molecule has 0 aliphatic carbocycles. The molecule has 1 rings (SSSR count). The Kier molecular flexibility index (Phi) is 4.48. The topological polar surface area (TPSA) is 46.6 Å². The van der Waals surface area contributed by atoms with E-state index in [4.69, 9.17) is 4.74 Å². The fraction of sp³-hybridized carbons (Fsp3) is 0.429. The van der Waals surface area contributed by atoms with E-state index in [1.807, 2.05) is 32.9 Å². The average Bonchev–Trinajstić information content (AvgIpc) is 2.26. The SMILES string of the molecule is CCOC(=O)C(=O)N(C)c1c(C)cc(C)cc1C. The molecule has 0 aliphatic rings. The summed E-state index contributed by atoms with van der Waals surface area (Å²) in [6.45, 7) is 7.71. The summed E-state index contributed by atoms with van der Waals surface area (Å²) >= 11 is 0. The second-order valence-electron chi connectivity index (χ2n) is 4.33. The van der Waals surface area contributed by atoms with E-state index in [0.29, 0.717) is 0 Å². The zero-order chi connectivity index (χ0) is 13.9. The van der Waals surface area contributed by atoms with Gasteiger partial charge >= 0.3 is 11.9 Å². The predicted molar refractivity (Wildman–Crippen MR) is 70.7 cm³/mol. The van der Waals surface area contributed by atoms with E-state index in [9.17, 15) is 9.59 Å². The van der Waals surface area contributed by atoms with E-state index < -0.39 is 11.9 Å². The molecule has 1 amide bonds. The molecule has 0 radical (unpaired) electrons. The number of esters is 1. The number of amides is 1. The van der Waals surface area contributed by atoms with Crippen LogP contribution in [0.2, 0.25) is 0 Å². The minimum absolute atomic E-state index is 0.199. The zero-order valence-corrected chi connectivity index (χ0v) is 11.5. The van der Waals surface area contributed by atoms with Crippen LogP contribution in [-0.4, -0.2) is 25.5 Å². The highest BCUT2D eigenvalue weighted by atomic mass is 16.5. The van der Waals surface area contributed by atoms with E-state index >= 15 is 0 Å². The normalized spacial score (nSPS) is 10.1. The molecule has 1 aromatic carbocycles. The summed E-state index contributed by atoms with van der Waals surface area (Å²) in [5.74, 6) is -1.47. The Bertz CT molecular complexity index is 457. The van der Waals surface area contributed by atoms with Crippen LogP contribution in [0.4, 0.5) is 5.69 Å². The van der Waals surface area contributed by atoms with Gasteiger partial charge in [0.2, 0.25) is 0 Å². The van der Waals surface area contributed by atoms with Crippen molar-refractivity contribution in [3.8, 4) is 0 Å². The van der Waals surface area contributed by atoms with Gasteiger partial charge in [0, 0.05) is 12.7 Å². The van der Waals surface area contributed by atoms with Gasteiger partial charge in [0.25, 0.3) is 0 Å². The zero-order valence-electron chi connectivity index (χ0n) is 11.5. The van der Waals surface area contributed by atoms with Crippen molar-refractivity contribution in [1.29, 1.82) is 0 Å². The highest BCUT2D eigenvalue weighted by Gasteiger charge is 2.23. The van der Waals surface area contributed by atoms with Crippen molar-refractivity contribution < 1.29 is 14.3 Å². The number of carbonyl (C=O) groups excluding carboxylic acids is 2. The summed E-state index contributed by atoms with van der Waals surface area (Å²) in [7, 11) is 1.59. The smallest absolute Gasteiger partial charge is 0.397 e. The molecular formula is C14H19NO3. The highest BCUT2D eigenvalue weighted by Crippen LogP contribution is 2.25. The molecule has 0 aromatic heterocycles. The Morgan fingerprint density at radius 3 is 2.11 bits per heavy atom. The van der Waals surface area contributed by atoms with E-state index in [0.717, 1.165) is 22.4 Å². The molecule has 0 unspecified atom stereocenters. The van der Waals surface area contributed by atoms with E-state index in [2.05, 4.69) is 0 Å². The third-order valence-electron chi connectivity index (χ3n) is 2.73. The summed E-state index contributed by atoms with van der Waals surface area (Å²) < 4.78 is 4.72. The fourth-order valence-electron chi connectivity index (χ4n) is 2.13. The Labute approximate surface area is 108 Å². The summed E-state index contributed by atoms with van der Waals surface area (Å²) in [5.41, 5.74) is 3.82. The Morgan fingerprint density at radius 1 is 1.17 bits per heavy atom. The number of ether oxygens (including phenoxy) is 1. The number of aryl methyl sites for hydroxylation is 3. The van der Waals surface area contributed by atoms with Crippen molar-refractivity contribution in [3.05, 3.63) is 28.8 Å². The molecule has 18 heavy (non-hydrogen) atoms. The number of nitrogens with zero attached hydrogens (tertiary/aromatic N) is 1. The lowest BCUT2D eigenvalue weighted by atomic mass is 10.0. The van der Waals surface area contributed by atoms with Gasteiger partial charge in [0.1, 0.15) is 0 Å². The van der Waals surface area contributed by atoms with Crippen LogP contribution in [0.1, 0.15) is 23.6 Å². The lowest BCUT2D eigenvalue weighted by molar-refractivity contribution is -0.153. The second-order valence-corrected chi connectivity index (χ2v) is 4.33. The van der Waals surface area contributed by atoms with Crippen molar-refractivity contribution in [2.45, 2.75) is 27.7 Å². The molecule has 0 N–H and O–H groups in total. The maximum Gasteiger partial charge on any atom is 0.397 e. The molecule has 4 nitrogen and oxygen atoms in total. The summed E-state index contributed by atoms with van der Waals surface area (Å²) in [4.78, 5) is 24.7. The molecule has 0 heterocycles. The van der Waals surface area contributed by atoms with Crippen molar-refractivity contribution >= 4 is 17.6 Å². The number of anilines is 1. The lowest BCUT2D eigenvalue weighted by Gasteiger charge is -2.21. The van der Waals surface area contributed by atoms with E-state index in [-0.39, 0.29) is 6.61 Å². The molecule has 0 bridgehead atoms. The maximum absolute atomic E-state index is 11.9. The van der Waals surface area contributed by atoms with Gasteiger partial charge in [-0.25, -0.2) is 4.79 Å². The first-order valence-electron chi connectivity index (χ1n) is 5.91. The van der Waals surface area contributed by atoms with Crippen molar-refractivity contribution in [2.24, 2.45) is 0 Å². The number of carbonyl (C=O) groups is 2. The van der Waals surface area contributed by atoms with Gasteiger partial charge in [-0.1, -0.05) is 17.7 Å². The standard InChI is InChI=1S/C14H19NO3/c1-6-18-14(17)13(16)15(5)12-10(3)7-9(2)8-11(12)4/h7-8H,6H2,1-5H3. The first-order valence-corrected chi connectivity index (χ1v) is 5.91. The molecule has 0 saturated carbocycles. The number of hydrogen-bond acceptors (Lipinski definition) is 3. The third kappa shape index (κ3) is 2.88. The van der Waals surface area contributed by atoms with E-state index in [1.54, 1.807) is 14.0 Å². The predicted octanol–water partition coefficient (Wildman–Crippen LogP) is 2.14. The summed E-state index contributed by atoms with van der Waals surface area (Å²) in [6, 6.07) is 3.97. The molecule has 0 aliphatic heterocycles. The number of hydrogen-bond donors (Lipinski definition) is 0. The lowest BCUT2D eigenvalue weighted by Crippen LogP contribution is -2.35. The van der Waals surface area contributed by atoms with Crippen molar-refractivity contribution in [2.75, 3.05) is 18.6 Å². The highest BCUT2D eigenvalue weighted by molar-refractivity contribution is 6.38. The third-order valence-corrected chi connectivity index (χ3v) is 2.73. The molecule has 0 spiro atoms. The molecule has 0 saturated heterocycles. The van der Waals surface area contributed by atoms with Gasteiger partial charge in [-0.15, -0.1) is 0 Å². The quantitative estimate of drug-likeness (QED) is 0.596. The van der Waals surface area contributed by atoms with Crippen LogP contribution in [0, 0.1) is 20.8 Å². The summed E-state index contributed by atoms with van der Waals surface area (Å²) in [5, 5.41) is 0. The minimum Gasteiger partial charge on any atom is -0.459 e. The Balaban J connectivity index is 3.08. The average molecular weight is 249 g/mol. The van der Waals surface area contributed by atoms with Crippen LogP contribution in [0.5, 0.6) is 0 Å². The first kappa shape index (κ1) is 14.2. The van der Waals surface area contributed by atoms with Crippen LogP contribution >= 0.6 is 0 Å². The Morgan fingerprint density at radius 2 is 1.67 bits per heavy atom. The molecular weight excluding hydrogens is 230 g/mol. The van der Waals surface area contributed by atoms with Crippen LogP contribution in [0.25, 0.3) is 0 Å². The van der Waals surface area contributed by atoms with Gasteiger partial charge in [-0.3, -0.25) is 4.79 Å². The largest absolute Gasteiger partial charge is 0.459 e. The maximum atomic E-state index is 11.9. The monoisotopic (exact) mass is 249 g/mol. The molecule has 98 valence electrons. The van der Waals surface area contributed by atoms with Gasteiger partial charge in [-0.2, -0.15) is 0 Å².